The van der Waals surface area contributed by atoms with Crippen molar-refractivity contribution in [3.8, 4) is 22.4 Å². The molecule has 3 rings (SSSR count). The molecule has 0 saturated heterocycles. The Hall–Kier alpha value is -2.51. The predicted molar refractivity (Wildman–Crippen MR) is 97.5 cm³/mol. The van der Waals surface area contributed by atoms with E-state index in [9.17, 15) is 18.0 Å². The molecule has 0 spiro atoms. The molecule has 2 N–H and O–H groups in total. The van der Waals surface area contributed by atoms with E-state index >= 15 is 0 Å². The maximum absolute atomic E-state index is 13.9. The number of carbonyl (C=O) groups is 1. The first-order chi connectivity index (χ1) is 12.7. The Morgan fingerprint density at radius 1 is 1.11 bits per heavy atom. The summed E-state index contributed by atoms with van der Waals surface area (Å²) in [5.41, 5.74) is 5.33. The summed E-state index contributed by atoms with van der Waals surface area (Å²) in [7, 11) is 1.40. The zero-order valence-electron chi connectivity index (χ0n) is 13.8. The summed E-state index contributed by atoms with van der Waals surface area (Å²) >= 11 is 12.0. The Kier molecular flexibility index (Phi) is 5.17. The Bertz CT molecular complexity index is 1050. The van der Waals surface area contributed by atoms with Gasteiger partial charge in [-0.05, 0) is 41.5 Å². The van der Waals surface area contributed by atoms with Gasteiger partial charge in [-0.25, -0.2) is 13.2 Å². The van der Waals surface area contributed by atoms with E-state index in [-0.39, 0.29) is 10.7 Å². The zero-order chi connectivity index (χ0) is 19.9. The van der Waals surface area contributed by atoms with E-state index in [0.717, 1.165) is 10.7 Å². The lowest BCUT2D eigenvalue weighted by atomic mass is 9.94. The summed E-state index contributed by atoms with van der Waals surface area (Å²) in [6.45, 7) is 0. The summed E-state index contributed by atoms with van der Waals surface area (Å²) < 4.78 is 41.7. The predicted octanol–water partition coefficient (Wildman–Crippen LogP) is 5.24. The minimum absolute atomic E-state index is 0.0545. The van der Waals surface area contributed by atoms with E-state index < -0.39 is 29.4 Å². The molecule has 0 aliphatic heterocycles. The highest BCUT2D eigenvalue weighted by molar-refractivity contribution is 6.42. The molecule has 4 nitrogen and oxygen atoms in total. The molecular formula is C18H12Cl2F3N3O. The Morgan fingerprint density at radius 3 is 2.41 bits per heavy atom. The zero-order valence-corrected chi connectivity index (χ0v) is 15.3. The SMILES string of the molecule is Cn1nc(C(F)F)c(C(N)=O)c1-c1ccc(F)cc1-c1ccc(Cl)c(Cl)c1. The standard InChI is InChI=1S/C18H12Cl2F3N3O/c1-26-16(14(18(24)27)15(25-26)17(22)23)10-4-3-9(21)7-11(10)8-2-5-12(19)13(20)6-8/h2-7,17H,1H3,(H2,24,27). The van der Waals surface area contributed by atoms with E-state index in [1.54, 1.807) is 6.07 Å². The minimum Gasteiger partial charge on any atom is -0.365 e. The number of alkyl halides is 2. The van der Waals surface area contributed by atoms with Gasteiger partial charge in [0.2, 0.25) is 0 Å². The molecule has 0 fully saturated rings. The van der Waals surface area contributed by atoms with Crippen LogP contribution in [0.4, 0.5) is 13.2 Å². The van der Waals surface area contributed by atoms with E-state index in [1.165, 1.54) is 31.3 Å². The Balaban J connectivity index is 2.34. The number of hydrogen-bond acceptors (Lipinski definition) is 2. The van der Waals surface area contributed by atoms with Crippen LogP contribution in [0.2, 0.25) is 10.0 Å². The summed E-state index contributed by atoms with van der Waals surface area (Å²) in [5, 5.41) is 4.26. The maximum atomic E-state index is 13.9. The number of halogens is 5. The molecule has 1 aromatic heterocycles. The molecule has 1 amide bonds. The quantitative estimate of drug-likeness (QED) is 0.635. The molecule has 9 heteroatoms. The average Bonchev–Trinajstić information content (AvgIpc) is 2.95. The third-order valence-electron chi connectivity index (χ3n) is 3.99. The van der Waals surface area contributed by atoms with Crippen molar-refractivity contribution in [1.29, 1.82) is 0 Å². The van der Waals surface area contributed by atoms with Gasteiger partial charge in [0, 0.05) is 12.6 Å². The number of nitrogens with zero attached hydrogens (tertiary/aromatic N) is 2. The van der Waals surface area contributed by atoms with Gasteiger partial charge in [0.25, 0.3) is 12.3 Å². The number of nitrogens with two attached hydrogens (primary N) is 1. The normalized spacial score (nSPS) is 11.2. The number of aromatic nitrogens is 2. The lowest BCUT2D eigenvalue weighted by Crippen LogP contribution is -2.14. The molecule has 3 aromatic rings. The fourth-order valence-corrected chi connectivity index (χ4v) is 3.17. The highest BCUT2D eigenvalue weighted by Gasteiger charge is 2.28. The smallest absolute Gasteiger partial charge is 0.282 e. The highest BCUT2D eigenvalue weighted by atomic mass is 35.5. The number of benzene rings is 2. The van der Waals surface area contributed by atoms with Gasteiger partial charge in [0.1, 0.15) is 11.5 Å². The largest absolute Gasteiger partial charge is 0.365 e. The average molecular weight is 414 g/mol. The van der Waals surface area contributed by atoms with E-state index in [4.69, 9.17) is 28.9 Å². The molecule has 0 bridgehead atoms. The van der Waals surface area contributed by atoms with Gasteiger partial charge in [0.15, 0.2) is 0 Å². The number of primary amides is 1. The second-order valence-corrected chi connectivity index (χ2v) is 6.53. The fraction of sp³-hybridized carbons (Fsp3) is 0.111. The number of amides is 1. The van der Waals surface area contributed by atoms with Crippen LogP contribution in [-0.4, -0.2) is 15.7 Å². The van der Waals surface area contributed by atoms with Crippen LogP contribution in [0.15, 0.2) is 36.4 Å². The van der Waals surface area contributed by atoms with Crippen molar-refractivity contribution in [3.05, 3.63) is 63.5 Å². The van der Waals surface area contributed by atoms with Gasteiger partial charge in [-0.2, -0.15) is 5.10 Å². The molecule has 0 aliphatic rings. The Labute approximate surface area is 162 Å². The van der Waals surface area contributed by atoms with Crippen molar-refractivity contribution in [2.45, 2.75) is 6.43 Å². The maximum Gasteiger partial charge on any atom is 0.282 e. The van der Waals surface area contributed by atoms with Crippen molar-refractivity contribution in [3.63, 3.8) is 0 Å². The number of carbonyl (C=O) groups excluding carboxylic acids is 1. The van der Waals surface area contributed by atoms with Crippen LogP contribution in [0.25, 0.3) is 22.4 Å². The second-order valence-electron chi connectivity index (χ2n) is 5.72. The summed E-state index contributed by atoms with van der Waals surface area (Å²) in [5.74, 6) is -1.62. The molecule has 0 atom stereocenters. The lowest BCUT2D eigenvalue weighted by Gasteiger charge is -2.13. The topological polar surface area (TPSA) is 60.9 Å². The van der Waals surface area contributed by atoms with Gasteiger partial charge < -0.3 is 5.73 Å². The van der Waals surface area contributed by atoms with Crippen molar-refractivity contribution in [1.82, 2.24) is 9.78 Å². The van der Waals surface area contributed by atoms with Crippen LogP contribution in [-0.2, 0) is 7.05 Å². The molecule has 0 unspecified atom stereocenters. The first-order valence-electron chi connectivity index (χ1n) is 7.61. The summed E-state index contributed by atoms with van der Waals surface area (Å²) in [4.78, 5) is 11.9. The third kappa shape index (κ3) is 3.52. The third-order valence-corrected chi connectivity index (χ3v) is 4.73. The molecule has 27 heavy (non-hydrogen) atoms. The first kappa shape index (κ1) is 19.3. The fourth-order valence-electron chi connectivity index (χ4n) is 2.87. The van der Waals surface area contributed by atoms with Crippen LogP contribution in [0.1, 0.15) is 22.5 Å². The number of hydrogen-bond donors (Lipinski definition) is 1. The summed E-state index contributed by atoms with van der Waals surface area (Å²) in [6.07, 6.45) is -3.00. The van der Waals surface area contributed by atoms with E-state index in [2.05, 4.69) is 5.10 Å². The number of aryl methyl sites for hydroxylation is 1. The first-order valence-corrected chi connectivity index (χ1v) is 8.36. The molecule has 1 heterocycles. The van der Waals surface area contributed by atoms with Gasteiger partial charge in [-0.15, -0.1) is 0 Å². The molecule has 0 radical (unpaired) electrons. The van der Waals surface area contributed by atoms with Gasteiger partial charge in [-0.1, -0.05) is 29.3 Å². The van der Waals surface area contributed by atoms with Gasteiger partial charge in [-0.3, -0.25) is 9.48 Å². The minimum atomic E-state index is -3.00. The van der Waals surface area contributed by atoms with E-state index in [0.29, 0.717) is 21.7 Å². The van der Waals surface area contributed by atoms with Crippen LogP contribution < -0.4 is 5.73 Å². The molecule has 2 aromatic carbocycles. The van der Waals surface area contributed by atoms with Crippen molar-refractivity contribution < 1.29 is 18.0 Å². The van der Waals surface area contributed by atoms with E-state index in [1.807, 2.05) is 0 Å². The van der Waals surface area contributed by atoms with Crippen molar-refractivity contribution >= 4 is 29.1 Å². The molecule has 140 valence electrons. The Morgan fingerprint density at radius 2 is 1.81 bits per heavy atom. The molecule has 0 aliphatic carbocycles. The van der Waals surface area contributed by atoms with Crippen molar-refractivity contribution in [2.24, 2.45) is 12.8 Å². The number of rotatable bonds is 4. The highest BCUT2D eigenvalue weighted by Crippen LogP contribution is 2.38. The van der Waals surface area contributed by atoms with Crippen LogP contribution in [0.3, 0.4) is 0 Å². The lowest BCUT2D eigenvalue weighted by molar-refractivity contribution is 0.0985. The molecule has 0 saturated carbocycles. The van der Waals surface area contributed by atoms with Gasteiger partial charge in [0.05, 0.1) is 21.3 Å². The second kappa shape index (κ2) is 7.25. The van der Waals surface area contributed by atoms with Crippen LogP contribution in [0, 0.1) is 5.82 Å². The van der Waals surface area contributed by atoms with Crippen molar-refractivity contribution in [2.75, 3.05) is 0 Å². The summed E-state index contributed by atoms with van der Waals surface area (Å²) in [6, 6.07) is 8.35. The van der Waals surface area contributed by atoms with Gasteiger partial charge >= 0.3 is 0 Å². The van der Waals surface area contributed by atoms with Crippen LogP contribution >= 0.6 is 23.2 Å². The monoisotopic (exact) mass is 413 g/mol. The van der Waals surface area contributed by atoms with Crippen LogP contribution in [0.5, 0.6) is 0 Å². The molecular weight excluding hydrogens is 402 g/mol.